The summed E-state index contributed by atoms with van der Waals surface area (Å²) in [5.41, 5.74) is 2.01. The van der Waals surface area contributed by atoms with Gasteiger partial charge >= 0.3 is 0 Å². The molecule has 0 fully saturated rings. The number of methoxy groups -OCH3 is 1. The lowest BCUT2D eigenvalue weighted by atomic mass is 10.1. The molecule has 2 aromatic rings. The van der Waals surface area contributed by atoms with Crippen molar-refractivity contribution in [3.05, 3.63) is 65.2 Å². The molecule has 0 aliphatic rings. The third-order valence-corrected chi connectivity index (χ3v) is 3.49. The van der Waals surface area contributed by atoms with Crippen molar-refractivity contribution in [3.63, 3.8) is 0 Å². The topological polar surface area (TPSA) is 67.4 Å². The maximum Gasteiger partial charge on any atom is 0.252 e. The molecule has 2 rings (SSSR count). The number of carbonyl (C=O) groups excluding carboxylic acids is 2. The maximum atomic E-state index is 12.0. The molecule has 0 bridgehead atoms. The number of amides is 2. The van der Waals surface area contributed by atoms with Gasteiger partial charge in [-0.1, -0.05) is 36.1 Å². The van der Waals surface area contributed by atoms with Gasteiger partial charge in [-0.25, -0.2) is 0 Å². The van der Waals surface area contributed by atoms with Gasteiger partial charge in [-0.2, -0.15) is 0 Å². The van der Waals surface area contributed by atoms with E-state index in [4.69, 9.17) is 4.74 Å². The quantitative estimate of drug-likeness (QED) is 0.818. The number of hydrogen-bond acceptors (Lipinski definition) is 3. The van der Waals surface area contributed by atoms with Crippen LogP contribution in [0.15, 0.2) is 48.5 Å². The fraction of sp³-hybridized carbons (Fsp3) is 0.200. The van der Waals surface area contributed by atoms with Gasteiger partial charge in [0.15, 0.2) is 0 Å². The van der Waals surface area contributed by atoms with Crippen LogP contribution in [0.3, 0.4) is 0 Å². The molecule has 0 unspecified atom stereocenters. The molecule has 0 aromatic heterocycles. The van der Waals surface area contributed by atoms with Crippen LogP contribution in [0, 0.1) is 11.8 Å². The van der Waals surface area contributed by atoms with Crippen LogP contribution < -0.4 is 15.4 Å². The first-order valence-electron chi connectivity index (χ1n) is 7.83. The normalized spacial score (nSPS) is 9.52. The smallest absolute Gasteiger partial charge is 0.252 e. The van der Waals surface area contributed by atoms with Gasteiger partial charge in [-0.3, -0.25) is 9.59 Å². The Hall–Kier alpha value is -3.26. The van der Waals surface area contributed by atoms with E-state index in [9.17, 15) is 9.59 Å². The van der Waals surface area contributed by atoms with Gasteiger partial charge in [0.25, 0.3) is 5.91 Å². The van der Waals surface area contributed by atoms with Crippen molar-refractivity contribution in [1.82, 2.24) is 10.6 Å². The first kappa shape index (κ1) is 18.1. The molecule has 2 aromatic carbocycles. The maximum absolute atomic E-state index is 12.0. The van der Waals surface area contributed by atoms with Crippen molar-refractivity contribution in [2.24, 2.45) is 0 Å². The van der Waals surface area contributed by atoms with E-state index in [2.05, 4.69) is 22.5 Å². The van der Waals surface area contributed by atoms with Crippen LogP contribution in [0.2, 0.25) is 0 Å². The van der Waals surface area contributed by atoms with E-state index in [-0.39, 0.29) is 24.8 Å². The minimum Gasteiger partial charge on any atom is -0.497 e. The lowest BCUT2D eigenvalue weighted by molar-refractivity contribution is -0.120. The van der Waals surface area contributed by atoms with Crippen LogP contribution in [0.1, 0.15) is 21.5 Å². The summed E-state index contributed by atoms with van der Waals surface area (Å²) in [7, 11) is 3.16. The molecular formula is C20H20N2O3. The second-order valence-electron chi connectivity index (χ2n) is 5.23. The molecule has 0 heterocycles. The van der Waals surface area contributed by atoms with E-state index >= 15 is 0 Å². The number of nitrogens with one attached hydrogen (secondary N) is 2. The first-order chi connectivity index (χ1) is 12.1. The summed E-state index contributed by atoms with van der Waals surface area (Å²) >= 11 is 0. The highest BCUT2D eigenvalue weighted by Gasteiger charge is 2.06. The Labute approximate surface area is 147 Å². The number of rotatable bonds is 5. The lowest BCUT2D eigenvalue weighted by Gasteiger charge is -2.04. The molecular weight excluding hydrogens is 316 g/mol. The molecule has 25 heavy (non-hydrogen) atoms. The average molecular weight is 336 g/mol. The molecule has 0 atom stereocenters. The fourth-order valence-electron chi connectivity index (χ4n) is 2.24. The van der Waals surface area contributed by atoms with Crippen molar-refractivity contribution in [1.29, 1.82) is 0 Å². The molecule has 0 spiro atoms. The van der Waals surface area contributed by atoms with Crippen molar-refractivity contribution in [3.8, 4) is 17.6 Å². The van der Waals surface area contributed by atoms with Gasteiger partial charge in [-0.15, -0.1) is 0 Å². The van der Waals surface area contributed by atoms with Crippen LogP contribution in [0.4, 0.5) is 0 Å². The van der Waals surface area contributed by atoms with Crippen LogP contribution in [-0.4, -0.2) is 32.5 Å². The zero-order chi connectivity index (χ0) is 18.1. The van der Waals surface area contributed by atoms with Crippen molar-refractivity contribution in [2.75, 3.05) is 20.7 Å². The van der Waals surface area contributed by atoms with E-state index in [1.165, 1.54) is 0 Å². The van der Waals surface area contributed by atoms with Crippen molar-refractivity contribution in [2.45, 2.75) is 6.42 Å². The van der Waals surface area contributed by atoms with E-state index < -0.39 is 0 Å². The molecule has 5 heteroatoms. The van der Waals surface area contributed by atoms with Crippen molar-refractivity contribution < 1.29 is 14.3 Å². The van der Waals surface area contributed by atoms with Gasteiger partial charge in [0, 0.05) is 12.6 Å². The summed E-state index contributed by atoms with van der Waals surface area (Å²) in [6.45, 7) is 0.213. The summed E-state index contributed by atoms with van der Waals surface area (Å²) in [4.78, 5) is 23.7. The Kier molecular flexibility index (Phi) is 6.61. The van der Waals surface area contributed by atoms with Gasteiger partial charge in [0.1, 0.15) is 5.75 Å². The molecule has 2 amide bonds. The van der Waals surface area contributed by atoms with Crippen LogP contribution in [-0.2, 0) is 11.2 Å². The average Bonchev–Trinajstić information content (AvgIpc) is 2.65. The number of benzene rings is 2. The summed E-state index contributed by atoms with van der Waals surface area (Å²) in [6.07, 6.45) is 0.258. The molecule has 0 aliphatic heterocycles. The summed E-state index contributed by atoms with van der Waals surface area (Å²) < 4.78 is 5.14. The Bertz CT molecular complexity index is 819. The zero-order valence-electron chi connectivity index (χ0n) is 14.3. The van der Waals surface area contributed by atoms with Gasteiger partial charge in [0.2, 0.25) is 5.91 Å². The summed E-state index contributed by atoms with van der Waals surface area (Å²) in [5.74, 6) is 6.20. The summed E-state index contributed by atoms with van der Waals surface area (Å²) in [6, 6.07) is 14.5. The third kappa shape index (κ3) is 5.40. The zero-order valence-corrected chi connectivity index (χ0v) is 14.3. The SMILES string of the molecule is CNC(=O)c1ccccc1C#CCNC(=O)Cc1cccc(OC)c1. The van der Waals surface area contributed by atoms with Gasteiger partial charge in [-0.05, 0) is 29.8 Å². The van der Waals surface area contributed by atoms with E-state index in [0.717, 1.165) is 11.3 Å². The molecule has 2 N–H and O–H groups in total. The molecule has 0 aliphatic carbocycles. The van der Waals surface area contributed by atoms with Crippen LogP contribution >= 0.6 is 0 Å². The van der Waals surface area contributed by atoms with Gasteiger partial charge < -0.3 is 15.4 Å². The third-order valence-electron chi connectivity index (χ3n) is 3.49. The standard InChI is InChI=1S/C20H20N2O3/c1-21-20(24)18-11-4-3-8-16(18)9-6-12-22-19(23)14-15-7-5-10-17(13-15)25-2/h3-5,7-8,10-11,13H,12,14H2,1-2H3,(H,21,24)(H,22,23). The Morgan fingerprint density at radius 2 is 1.92 bits per heavy atom. The van der Waals surface area contributed by atoms with Crippen LogP contribution in [0.5, 0.6) is 5.75 Å². The highest BCUT2D eigenvalue weighted by molar-refractivity contribution is 5.96. The second-order valence-corrected chi connectivity index (χ2v) is 5.23. The van der Waals surface area contributed by atoms with E-state index in [0.29, 0.717) is 11.1 Å². The molecule has 128 valence electrons. The molecule has 0 radical (unpaired) electrons. The second kappa shape index (κ2) is 9.14. The van der Waals surface area contributed by atoms with Crippen molar-refractivity contribution >= 4 is 11.8 Å². The first-order valence-corrected chi connectivity index (χ1v) is 7.83. The minimum absolute atomic E-state index is 0.123. The van der Waals surface area contributed by atoms with Gasteiger partial charge in [0.05, 0.1) is 25.6 Å². The molecule has 0 saturated heterocycles. The monoisotopic (exact) mass is 336 g/mol. The predicted molar refractivity (Wildman–Crippen MR) is 96.4 cm³/mol. The highest BCUT2D eigenvalue weighted by atomic mass is 16.5. The number of hydrogen-bond donors (Lipinski definition) is 2. The largest absolute Gasteiger partial charge is 0.497 e. The Balaban J connectivity index is 1.92. The fourth-order valence-corrected chi connectivity index (χ4v) is 2.24. The lowest BCUT2D eigenvalue weighted by Crippen LogP contribution is -2.25. The number of ether oxygens (including phenoxy) is 1. The number of carbonyl (C=O) groups is 2. The Morgan fingerprint density at radius 3 is 2.68 bits per heavy atom. The summed E-state index contributed by atoms with van der Waals surface area (Å²) in [5, 5.41) is 5.33. The minimum atomic E-state index is -0.188. The molecule has 5 nitrogen and oxygen atoms in total. The Morgan fingerprint density at radius 1 is 1.12 bits per heavy atom. The predicted octanol–water partition coefficient (Wildman–Crippen LogP) is 1.77. The molecule has 0 saturated carbocycles. The highest BCUT2D eigenvalue weighted by Crippen LogP contribution is 2.12. The van der Waals surface area contributed by atoms with Crippen LogP contribution in [0.25, 0.3) is 0 Å². The van der Waals surface area contributed by atoms with E-state index in [1.807, 2.05) is 30.3 Å². The van der Waals surface area contributed by atoms with E-state index in [1.54, 1.807) is 32.4 Å².